The van der Waals surface area contributed by atoms with Gasteiger partial charge in [-0.3, -0.25) is 9.59 Å². The molecule has 110 valence electrons. The lowest BCUT2D eigenvalue weighted by Crippen LogP contribution is -2.48. The highest BCUT2D eigenvalue weighted by molar-refractivity contribution is 5.97. The number of nitrogens with zero attached hydrogens (tertiary/aromatic N) is 4. The predicted octanol–water partition coefficient (Wildman–Crippen LogP) is 0.796. The van der Waals surface area contributed by atoms with Gasteiger partial charge in [-0.2, -0.15) is 0 Å². The molecule has 0 aliphatic carbocycles. The third-order valence-corrected chi connectivity index (χ3v) is 4.10. The summed E-state index contributed by atoms with van der Waals surface area (Å²) in [6.45, 7) is 4.30. The van der Waals surface area contributed by atoms with E-state index in [4.69, 9.17) is 0 Å². The molecule has 21 heavy (non-hydrogen) atoms. The van der Waals surface area contributed by atoms with Gasteiger partial charge in [0.15, 0.2) is 0 Å². The van der Waals surface area contributed by atoms with Crippen LogP contribution in [0.2, 0.25) is 0 Å². The second-order valence-corrected chi connectivity index (χ2v) is 5.36. The molecule has 2 aromatic rings. The number of imidazole rings is 1. The molecule has 0 bridgehead atoms. The van der Waals surface area contributed by atoms with Crippen LogP contribution in [0.15, 0.2) is 18.2 Å². The Labute approximate surface area is 123 Å². The fourth-order valence-corrected chi connectivity index (χ4v) is 2.67. The summed E-state index contributed by atoms with van der Waals surface area (Å²) in [5.74, 6) is 0.931. The molecular formula is C15H18N4O2. The van der Waals surface area contributed by atoms with Gasteiger partial charge in [0.2, 0.25) is 6.41 Å². The first-order chi connectivity index (χ1) is 10.1. The smallest absolute Gasteiger partial charge is 0.254 e. The summed E-state index contributed by atoms with van der Waals surface area (Å²) in [5, 5.41) is 0. The first-order valence-electron chi connectivity index (χ1n) is 7.02. The molecule has 0 radical (unpaired) electrons. The average molecular weight is 286 g/mol. The molecule has 0 atom stereocenters. The standard InChI is InChI=1S/C15H18N4O2/c1-11-16-13-9-12(3-4-14(13)17(11)2)15(21)19-7-5-18(10-20)6-8-19/h3-4,9-10H,5-8H2,1-2H3. The molecule has 6 heteroatoms. The minimum Gasteiger partial charge on any atom is -0.342 e. The second kappa shape index (κ2) is 5.20. The van der Waals surface area contributed by atoms with Crippen molar-refractivity contribution in [1.29, 1.82) is 0 Å². The van der Waals surface area contributed by atoms with E-state index in [1.165, 1.54) is 0 Å². The van der Waals surface area contributed by atoms with Gasteiger partial charge >= 0.3 is 0 Å². The van der Waals surface area contributed by atoms with E-state index in [9.17, 15) is 9.59 Å². The Hall–Kier alpha value is -2.37. The quantitative estimate of drug-likeness (QED) is 0.767. The van der Waals surface area contributed by atoms with Crippen molar-refractivity contribution in [3.05, 3.63) is 29.6 Å². The summed E-state index contributed by atoms with van der Waals surface area (Å²) in [4.78, 5) is 31.2. The van der Waals surface area contributed by atoms with E-state index in [2.05, 4.69) is 4.98 Å². The van der Waals surface area contributed by atoms with E-state index in [-0.39, 0.29) is 5.91 Å². The Morgan fingerprint density at radius 3 is 2.62 bits per heavy atom. The minimum atomic E-state index is 0.00533. The molecule has 1 aliphatic heterocycles. The van der Waals surface area contributed by atoms with Crippen LogP contribution in [-0.4, -0.2) is 57.8 Å². The molecule has 1 aromatic heterocycles. The summed E-state index contributed by atoms with van der Waals surface area (Å²) in [7, 11) is 1.96. The number of benzene rings is 1. The molecule has 0 unspecified atom stereocenters. The van der Waals surface area contributed by atoms with Crippen molar-refractivity contribution < 1.29 is 9.59 Å². The van der Waals surface area contributed by atoms with Crippen molar-refractivity contribution >= 4 is 23.4 Å². The maximum absolute atomic E-state index is 12.5. The summed E-state index contributed by atoms with van der Waals surface area (Å²) in [5.41, 5.74) is 2.52. The highest BCUT2D eigenvalue weighted by Crippen LogP contribution is 2.18. The Kier molecular flexibility index (Phi) is 3.37. The van der Waals surface area contributed by atoms with Crippen molar-refractivity contribution in [3.8, 4) is 0 Å². The summed E-state index contributed by atoms with van der Waals surface area (Å²) in [6, 6.07) is 5.62. The Balaban J connectivity index is 1.83. The number of rotatable bonds is 2. The van der Waals surface area contributed by atoms with Crippen LogP contribution < -0.4 is 0 Å². The summed E-state index contributed by atoms with van der Waals surface area (Å²) < 4.78 is 2.01. The van der Waals surface area contributed by atoms with E-state index < -0.39 is 0 Å². The third-order valence-electron chi connectivity index (χ3n) is 4.10. The van der Waals surface area contributed by atoms with E-state index >= 15 is 0 Å². The van der Waals surface area contributed by atoms with Gasteiger partial charge < -0.3 is 14.4 Å². The van der Waals surface area contributed by atoms with Crippen molar-refractivity contribution in [2.75, 3.05) is 26.2 Å². The zero-order valence-corrected chi connectivity index (χ0v) is 12.2. The molecule has 1 saturated heterocycles. The van der Waals surface area contributed by atoms with Crippen LogP contribution in [0.3, 0.4) is 0 Å². The molecule has 3 rings (SSSR count). The Bertz CT molecular complexity index is 699. The van der Waals surface area contributed by atoms with Gasteiger partial charge in [0.1, 0.15) is 5.82 Å². The summed E-state index contributed by atoms with van der Waals surface area (Å²) >= 11 is 0. The number of amides is 2. The average Bonchev–Trinajstić information content (AvgIpc) is 2.81. The van der Waals surface area contributed by atoms with Crippen LogP contribution in [0.1, 0.15) is 16.2 Å². The van der Waals surface area contributed by atoms with Gasteiger partial charge in [-0.1, -0.05) is 0 Å². The van der Waals surface area contributed by atoms with Gasteiger partial charge in [-0.05, 0) is 25.1 Å². The molecule has 0 saturated carbocycles. The number of hydrogen-bond donors (Lipinski definition) is 0. The molecule has 2 heterocycles. The molecule has 0 spiro atoms. The van der Waals surface area contributed by atoms with Crippen LogP contribution in [0.25, 0.3) is 11.0 Å². The van der Waals surface area contributed by atoms with Gasteiger partial charge in [-0.25, -0.2) is 4.98 Å². The van der Waals surface area contributed by atoms with Crippen LogP contribution in [-0.2, 0) is 11.8 Å². The number of hydrogen-bond acceptors (Lipinski definition) is 3. The molecule has 0 N–H and O–H groups in total. The maximum atomic E-state index is 12.5. The van der Waals surface area contributed by atoms with Crippen LogP contribution in [0.5, 0.6) is 0 Å². The van der Waals surface area contributed by atoms with E-state index in [1.807, 2.05) is 36.7 Å². The molecule has 1 aromatic carbocycles. The lowest BCUT2D eigenvalue weighted by molar-refractivity contribution is -0.119. The van der Waals surface area contributed by atoms with E-state index in [0.717, 1.165) is 23.3 Å². The number of carbonyl (C=O) groups is 2. The lowest BCUT2D eigenvalue weighted by Gasteiger charge is -2.32. The van der Waals surface area contributed by atoms with E-state index in [0.29, 0.717) is 31.7 Å². The number of aromatic nitrogens is 2. The minimum absolute atomic E-state index is 0.00533. The number of carbonyl (C=O) groups excluding carboxylic acids is 2. The molecule has 6 nitrogen and oxygen atoms in total. The van der Waals surface area contributed by atoms with Crippen molar-refractivity contribution in [2.45, 2.75) is 6.92 Å². The van der Waals surface area contributed by atoms with Gasteiger partial charge in [0.05, 0.1) is 11.0 Å². The van der Waals surface area contributed by atoms with E-state index in [1.54, 1.807) is 9.80 Å². The molecule has 2 amide bonds. The highest BCUT2D eigenvalue weighted by atomic mass is 16.2. The molecule has 1 fully saturated rings. The maximum Gasteiger partial charge on any atom is 0.254 e. The zero-order chi connectivity index (χ0) is 15.0. The largest absolute Gasteiger partial charge is 0.342 e. The second-order valence-electron chi connectivity index (χ2n) is 5.36. The number of aryl methyl sites for hydroxylation is 2. The number of fused-ring (bicyclic) bond motifs is 1. The topological polar surface area (TPSA) is 58.4 Å². The fourth-order valence-electron chi connectivity index (χ4n) is 2.67. The molecular weight excluding hydrogens is 268 g/mol. The van der Waals surface area contributed by atoms with Crippen LogP contribution >= 0.6 is 0 Å². The third kappa shape index (κ3) is 2.37. The zero-order valence-electron chi connectivity index (χ0n) is 12.2. The van der Waals surface area contributed by atoms with Crippen molar-refractivity contribution in [2.24, 2.45) is 7.05 Å². The Morgan fingerprint density at radius 1 is 1.24 bits per heavy atom. The predicted molar refractivity (Wildman–Crippen MR) is 79.0 cm³/mol. The highest BCUT2D eigenvalue weighted by Gasteiger charge is 2.21. The van der Waals surface area contributed by atoms with Gasteiger partial charge in [0, 0.05) is 38.8 Å². The monoisotopic (exact) mass is 286 g/mol. The lowest BCUT2D eigenvalue weighted by atomic mass is 10.1. The SMILES string of the molecule is Cc1nc2cc(C(=O)N3CCN(C=O)CC3)ccc2n1C. The number of piperazine rings is 1. The Morgan fingerprint density at radius 2 is 1.95 bits per heavy atom. The normalized spacial score (nSPS) is 15.5. The first kappa shape index (κ1) is 13.6. The van der Waals surface area contributed by atoms with Gasteiger partial charge in [0.25, 0.3) is 5.91 Å². The van der Waals surface area contributed by atoms with Crippen molar-refractivity contribution in [3.63, 3.8) is 0 Å². The van der Waals surface area contributed by atoms with Crippen LogP contribution in [0, 0.1) is 6.92 Å². The fraction of sp³-hybridized carbons (Fsp3) is 0.400. The van der Waals surface area contributed by atoms with Crippen LogP contribution in [0.4, 0.5) is 0 Å². The van der Waals surface area contributed by atoms with Gasteiger partial charge in [-0.15, -0.1) is 0 Å². The molecule has 1 aliphatic rings. The first-order valence-corrected chi connectivity index (χ1v) is 7.02. The summed E-state index contributed by atoms with van der Waals surface area (Å²) in [6.07, 6.45) is 0.838. The van der Waals surface area contributed by atoms with Crippen molar-refractivity contribution in [1.82, 2.24) is 19.4 Å².